The van der Waals surface area contributed by atoms with Crippen molar-refractivity contribution in [3.8, 4) is 0 Å². The van der Waals surface area contributed by atoms with Crippen LogP contribution in [0.15, 0.2) is 59.5 Å². The van der Waals surface area contributed by atoms with Gasteiger partial charge in [0.05, 0.1) is 16.1 Å². The van der Waals surface area contributed by atoms with Crippen LogP contribution in [0.2, 0.25) is 10.6 Å². The fourth-order valence-electron chi connectivity index (χ4n) is 2.76. The zero-order valence-corrected chi connectivity index (χ0v) is 17.8. The van der Waals surface area contributed by atoms with Gasteiger partial charge in [-0.05, 0) is 66.5 Å². The number of aromatic nitrogens is 4. The van der Waals surface area contributed by atoms with Gasteiger partial charge in [-0.2, -0.15) is 15.0 Å². The molecule has 152 valence electrons. The van der Waals surface area contributed by atoms with Crippen molar-refractivity contribution in [3.63, 3.8) is 0 Å². The average molecular weight is 461 g/mol. The topological polar surface area (TPSA) is 110 Å². The summed E-state index contributed by atoms with van der Waals surface area (Å²) >= 11 is 11.5. The first kappa shape index (κ1) is 20.3. The molecule has 30 heavy (non-hydrogen) atoms. The molecule has 0 saturated heterocycles. The molecule has 2 heterocycles. The number of anilines is 3. The molecule has 8 nitrogen and oxygen atoms in total. The molecule has 11 heteroatoms. The highest BCUT2D eigenvalue weighted by atomic mass is 35.5. The Morgan fingerprint density at radius 3 is 2.23 bits per heavy atom. The maximum absolute atomic E-state index is 12.9. The lowest BCUT2D eigenvalue weighted by Gasteiger charge is -2.11. The minimum Gasteiger partial charge on any atom is -0.324 e. The van der Waals surface area contributed by atoms with Gasteiger partial charge in [-0.25, -0.2) is 8.42 Å². The van der Waals surface area contributed by atoms with Gasteiger partial charge in [-0.15, -0.1) is 0 Å². The molecule has 0 bridgehead atoms. The first-order chi connectivity index (χ1) is 14.3. The third-order valence-corrected chi connectivity index (χ3v) is 5.82. The van der Waals surface area contributed by atoms with Gasteiger partial charge in [0.2, 0.25) is 16.5 Å². The second-order valence-corrected chi connectivity index (χ2v) is 8.64. The summed E-state index contributed by atoms with van der Waals surface area (Å²) in [5.74, 6) is 0.144. The van der Waals surface area contributed by atoms with Gasteiger partial charge in [-0.3, -0.25) is 9.71 Å². The van der Waals surface area contributed by atoms with Crippen LogP contribution < -0.4 is 10.0 Å². The summed E-state index contributed by atoms with van der Waals surface area (Å²) < 4.78 is 28.3. The number of hydrogen-bond donors (Lipinski definition) is 2. The molecule has 0 aliphatic rings. The highest BCUT2D eigenvalue weighted by Crippen LogP contribution is 2.25. The van der Waals surface area contributed by atoms with Crippen molar-refractivity contribution in [1.29, 1.82) is 0 Å². The molecule has 2 aromatic carbocycles. The van der Waals surface area contributed by atoms with E-state index in [1.54, 1.807) is 24.3 Å². The van der Waals surface area contributed by atoms with Crippen molar-refractivity contribution in [3.05, 3.63) is 70.9 Å². The minimum absolute atomic E-state index is 0.0557. The SMILES string of the molecule is Cc1ccc2cccc(NS(=O)(=O)c3ccc(Nc4nc(Cl)nc(Cl)n4)cc3)c2n1. The Balaban J connectivity index is 1.59. The number of nitrogens with one attached hydrogen (secondary N) is 2. The number of benzene rings is 2. The molecule has 0 atom stereocenters. The largest absolute Gasteiger partial charge is 0.324 e. The van der Waals surface area contributed by atoms with Crippen molar-refractivity contribution >= 4 is 61.5 Å². The van der Waals surface area contributed by atoms with Gasteiger partial charge in [0.25, 0.3) is 10.0 Å². The predicted octanol–water partition coefficient (Wildman–Crippen LogP) is 4.58. The van der Waals surface area contributed by atoms with E-state index in [2.05, 4.69) is 30.0 Å². The van der Waals surface area contributed by atoms with Crippen LogP contribution in [-0.4, -0.2) is 28.4 Å². The summed E-state index contributed by atoms with van der Waals surface area (Å²) in [6.45, 7) is 1.85. The molecular formula is C19H14Cl2N6O2S. The number of aryl methyl sites for hydroxylation is 1. The fraction of sp³-hybridized carbons (Fsp3) is 0.0526. The van der Waals surface area contributed by atoms with Gasteiger partial charge in [0.15, 0.2) is 0 Å². The zero-order chi connectivity index (χ0) is 21.3. The van der Waals surface area contributed by atoms with E-state index in [0.29, 0.717) is 16.9 Å². The van der Waals surface area contributed by atoms with Crippen LogP contribution in [0.4, 0.5) is 17.3 Å². The van der Waals surface area contributed by atoms with Crippen LogP contribution in [0, 0.1) is 6.92 Å². The first-order valence-corrected chi connectivity index (χ1v) is 10.9. The molecule has 0 unspecified atom stereocenters. The molecule has 0 radical (unpaired) electrons. The van der Waals surface area contributed by atoms with E-state index in [0.717, 1.165) is 11.1 Å². The van der Waals surface area contributed by atoms with Crippen LogP contribution in [0.1, 0.15) is 5.69 Å². The van der Waals surface area contributed by atoms with Crippen molar-refractivity contribution in [2.75, 3.05) is 10.0 Å². The van der Waals surface area contributed by atoms with Crippen molar-refractivity contribution in [1.82, 2.24) is 19.9 Å². The maximum Gasteiger partial charge on any atom is 0.261 e. The molecule has 0 saturated carbocycles. The predicted molar refractivity (Wildman–Crippen MR) is 117 cm³/mol. The third kappa shape index (κ3) is 4.43. The van der Waals surface area contributed by atoms with Crippen molar-refractivity contribution < 1.29 is 8.42 Å². The van der Waals surface area contributed by atoms with Crippen LogP contribution in [0.3, 0.4) is 0 Å². The van der Waals surface area contributed by atoms with Crippen LogP contribution in [0.5, 0.6) is 0 Å². The normalized spacial score (nSPS) is 11.4. The van der Waals surface area contributed by atoms with E-state index in [9.17, 15) is 8.42 Å². The molecule has 2 aromatic heterocycles. The summed E-state index contributed by atoms with van der Waals surface area (Å²) in [5.41, 5.74) is 2.34. The second-order valence-electron chi connectivity index (χ2n) is 6.28. The van der Waals surface area contributed by atoms with E-state index >= 15 is 0 Å². The Morgan fingerprint density at radius 1 is 0.833 bits per heavy atom. The lowest BCUT2D eigenvalue weighted by atomic mass is 10.2. The molecular weight excluding hydrogens is 447 g/mol. The Bertz CT molecular complexity index is 1330. The van der Waals surface area contributed by atoms with E-state index in [4.69, 9.17) is 23.2 Å². The van der Waals surface area contributed by atoms with Crippen LogP contribution >= 0.6 is 23.2 Å². The summed E-state index contributed by atoms with van der Waals surface area (Å²) in [5, 5.41) is 3.62. The zero-order valence-electron chi connectivity index (χ0n) is 15.5. The number of nitrogens with zero attached hydrogens (tertiary/aromatic N) is 4. The van der Waals surface area contributed by atoms with Crippen molar-refractivity contribution in [2.24, 2.45) is 0 Å². The molecule has 0 aliphatic heterocycles. The molecule has 4 rings (SSSR count). The maximum atomic E-state index is 12.9. The number of rotatable bonds is 5. The first-order valence-electron chi connectivity index (χ1n) is 8.63. The van der Waals surface area contributed by atoms with Gasteiger partial charge < -0.3 is 5.32 Å². The van der Waals surface area contributed by atoms with E-state index in [-0.39, 0.29) is 21.4 Å². The molecule has 2 N–H and O–H groups in total. The Morgan fingerprint density at radius 2 is 1.53 bits per heavy atom. The van der Waals surface area contributed by atoms with Crippen LogP contribution in [-0.2, 0) is 10.0 Å². The monoisotopic (exact) mass is 460 g/mol. The Kier molecular flexibility index (Phi) is 5.42. The number of pyridine rings is 1. The quantitative estimate of drug-likeness (QED) is 0.448. The van der Waals surface area contributed by atoms with Gasteiger partial charge in [-0.1, -0.05) is 18.2 Å². The number of hydrogen-bond acceptors (Lipinski definition) is 7. The summed E-state index contributed by atoms with van der Waals surface area (Å²) in [7, 11) is -3.82. The Labute approximate surface area is 182 Å². The lowest BCUT2D eigenvalue weighted by Crippen LogP contribution is -2.13. The van der Waals surface area contributed by atoms with Gasteiger partial charge in [0, 0.05) is 16.8 Å². The third-order valence-electron chi connectivity index (χ3n) is 4.11. The Hall–Kier alpha value is -3.01. The summed E-state index contributed by atoms with van der Waals surface area (Å²) in [6.07, 6.45) is 0. The fourth-order valence-corrected chi connectivity index (χ4v) is 4.19. The molecule has 0 amide bonds. The molecule has 0 spiro atoms. The highest BCUT2D eigenvalue weighted by Gasteiger charge is 2.16. The summed E-state index contributed by atoms with van der Waals surface area (Å²) in [6, 6.07) is 15.2. The highest BCUT2D eigenvalue weighted by molar-refractivity contribution is 7.92. The van der Waals surface area contributed by atoms with Gasteiger partial charge in [0.1, 0.15) is 0 Å². The van der Waals surface area contributed by atoms with Crippen LogP contribution in [0.25, 0.3) is 10.9 Å². The van der Waals surface area contributed by atoms with E-state index in [1.165, 1.54) is 12.1 Å². The minimum atomic E-state index is -3.82. The van der Waals surface area contributed by atoms with Crippen molar-refractivity contribution in [2.45, 2.75) is 11.8 Å². The smallest absolute Gasteiger partial charge is 0.261 e. The number of halogens is 2. The molecule has 4 aromatic rings. The van der Waals surface area contributed by atoms with Gasteiger partial charge >= 0.3 is 0 Å². The summed E-state index contributed by atoms with van der Waals surface area (Å²) in [4.78, 5) is 16.0. The van der Waals surface area contributed by atoms with E-state index in [1.807, 2.05) is 25.1 Å². The second kappa shape index (κ2) is 8.02. The van der Waals surface area contributed by atoms with E-state index < -0.39 is 10.0 Å². The number of sulfonamides is 1. The molecule has 0 aliphatic carbocycles. The average Bonchev–Trinajstić information content (AvgIpc) is 2.68. The standard InChI is InChI=1S/C19H14Cl2N6O2S/c1-11-5-6-12-3-2-4-15(16(12)22-11)27-30(28,29)14-9-7-13(8-10-14)23-19-25-17(20)24-18(21)26-19/h2-10,27H,1H3,(H,23,24,25,26). The molecule has 0 fully saturated rings. The lowest BCUT2D eigenvalue weighted by molar-refractivity contribution is 0.601. The number of fused-ring (bicyclic) bond motifs is 1. The number of para-hydroxylation sites is 1.